The molecule has 0 radical (unpaired) electrons. The molecular weight excluding hydrogens is 476 g/mol. The lowest BCUT2D eigenvalue weighted by Gasteiger charge is -2.39. The van der Waals surface area contributed by atoms with Gasteiger partial charge in [0.2, 0.25) is 17.8 Å². The molecule has 0 aliphatic carbocycles. The number of ketones is 1. The van der Waals surface area contributed by atoms with E-state index >= 15 is 0 Å². The van der Waals surface area contributed by atoms with Crippen LogP contribution < -0.4 is 23.7 Å². The van der Waals surface area contributed by atoms with Crippen LogP contribution in [-0.2, 0) is 4.74 Å². The van der Waals surface area contributed by atoms with Crippen molar-refractivity contribution in [2.45, 2.75) is 44.6 Å². The number of ether oxygens (including phenoxy) is 6. The van der Waals surface area contributed by atoms with Gasteiger partial charge in [0.05, 0.1) is 27.4 Å². The molecule has 2 aliphatic rings. The second kappa shape index (κ2) is 9.86. The van der Waals surface area contributed by atoms with Gasteiger partial charge in [0.15, 0.2) is 17.3 Å². The molecular formula is C25H28O11. The number of aliphatic hydroxyl groups is 3. The summed E-state index contributed by atoms with van der Waals surface area (Å²) in [4.78, 5) is 13.4. The Labute approximate surface area is 207 Å². The Balaban J connectivity index is 1.72. The number of rotatable bonds is 6. The molecule has 4 rings (SSSR count). The van der Waals surface area contributed by atoms with E-state index in [9.17, 15) is 25.2 Å². The minimum absolute atomic E-state index is 0.00746. The van der Waals surface area contributed by atoms with Crippen molar-refractivity contribution < 1.29 is 53.6 Å². The Morgan fingerprint density at radius 3 is 2.14 bits per heavy atom. The third-order valence-corrected chi connectivity index (χ3v) is 6.16. The lowest BCUT2D eigenvalue weighted by Crippen LogP contribution is -2.58. The number of phenolic OH excluding ortho intramolecular Hbond substituents is 1. The van der Waals surface area contributed by atoms with Gasteiger partial charge >= 0.3 is 0 Å². The number of allylic oxidation sites excluding steroid dienone is 1. The Kier molecular flexibility index (Phi) is 7.01. The lowest BCUT2D eigenvalue weighted by atomic mass is 9.99. The summed E-state index contributed by atoms with van der Waals surface area (Å²) in [7, 11) is 4.41. The summed E-state index contributed by atoms with van der Waals surface area (Å²) < 4.78 is 33.1. The molecule has 0 bridgehead atoms. The maximum absolute atomic E-state index is 13.4. The number of hydrogen-bond donors (Lipinski definition) is 4. The van der Waals surface area contributed by atoms with Gasteiger partial charge in [0.1, 0.15) is 41.1 Å². The first kappa shape index (κ1) is 25.6. The number of fused-ring (bicyclic) bond motifs is 1. The van der Waals surface area contributed by atoms with E-state index in [4.69, 9.17) is 28.4 Å². The van der Waals surface area contributed by atoms with Gasteiger partial charge in [-0.05, 0) is 37.6 Å². The molecule has 2 aromatic carbocycles. The molecule has 2 aliphatic heterocycles. The molecule has 0 spiro atoms. The Morgan fingerprint density at radius 2 is 1.56 bits per heavy atom. The Morgan fingerprint density at radius 1 is 0.917 bits per heavy atom. The molecule has 194 valence electrons. The number of phenols is 1. The minimum atomic E-state index is -1.61. The monoisotopic (exact) mass is 504 g/mol. The average molecular weight is 504 g/mol. The van der Waals surface area contributed by atoms with Crippen molar-refractivity contribution in [1.82, 2.24) is 0 Å². The highest BCUT2D eigenvalue weighted by atomic mass is 16.7. The molecule has 2 heterocycles. The van der Waals surface area contributed by atoms with Crippen LogP contribution in [0.4, 0.5) is 0 Å². The molecule has 0 aromatic heterocycles. The molecule has 11 heteroatoms. The van der Waals surface area contributed by atoms with E-state index in [1.54, 1.807) is 12.1 Å². The molecule has 1 fully saturated rings. The third-order valence-electron chi connectivity index (χ3n) is 6.16. The van der Waals surface area contributed by atoms with Gasteiger partial charge in [-0.25, -0.2) is 0 Å². The van der Waals surface area contributed by atoms with Gasteiger partial charge in [-0.1, -0.05) is 0 Å². The molecule has 1 saturated heterocycles. The van der Waals surface area contributed by atoms with Crippen molar-refractivity contribution in [3.8, 4) is 34.5 Å². The third kappa shape index (κ3) is 4.30. The van der Waals surface area contributed by atoms with Crippen molar-refractivity contribution in [2.24, 2.45) is 0 Å². The van der Waals surface area contributed by atoms with Crippen LogP contribution in [0.2, 0.25) is 0 Å². The number of carbonyl (C=O) groups is 1. The molecule has 0 saturated carbocycles. The number of carbonyl (C=O) groups excluding carboxylic acids is 1. The number of Topliss-reactive ketones (excluding diaryl/α,β-unsaturated/α-hetero) is 1. The number of aromatic hydroxyl groups is 1. The van der Waals surface area contributed by atoms with Crippen LogP contribution in [-0.4, -0.2) is 78.2 Å². The van der Waals surface area contributed by atoms with Crippen molar-refractivity contribution in [3.05, 3.63) is 40.6 Å². The van der Waals surface area contributed by atoms with E-state index in [1.807, 2.05) is 0 Å². The van der Waals surface area contributed by atoms with Gasteiger partial charge < -0.3 is 48.8 Å². The normalized spacial score (nSPS) is 26.4. The number of hydrogen-bond acceptors (Lipinski definition) is 11. The largest absolute Gasteiger partial charge is 0.507 e. The second-order valence-electron chi connectivity index (χ2n) is 8.42. The minimum Gasteiger partial charge on any atom is -0.507 e. The Bertz CT molecular complexity index is 1180. The molecule has 4 N–H and O–H groups in total. The van der Waals surface area contributed by atoms with E-state index < -0.39 is 36.5 Å². The summed E-state index contributed by atoms with van der Waals surface area (Å²) >= 11 is 0. The fourth-order valence-electron chi connectivity index (χ4n) is 4.11. The van der Waals surface area contributed by atoms with E-state index in [1.165, 1.54) is 47.3 Å². The van der Waals surface area contributed by atoms with Crippen molar-refractivity contribution in [2.75, 3.05) is 21.3 Å². The van der Waals surface area contributed by atoms with Crippen molar-refractivity contribution in [3.63, 3.8) is 0 Å². The van der Waals surface area contributed by atoms with Gasteiger partial charge in [-0.3, -0.25) is 4.79 Å². The number of benzene rings is 2. The van der Waals surface area contributed by atoms with Crippen LogP contribution in [0, 0.1) is 6.92 Å². The summed E-state index contributed by atoms with van der Waals surface area (Å²) in [6, 6.07) is 4.55. The quantitative estimate of drug-likeness (QED) is 0.424. The number of aliphatic hydroxyl groups excluding tert-OH is 3. The summed E-state index contributed by atoms with van der Waals surface area (Å²) in [5.74, 6) is 0.264. The number of methoxy groups -OCH3 is 3. The standard InChI is InChI=1S/C25H28O11/c1-10-13(26)9-14-18(23(10)36-25-22(30)21(29)19(27)11(2)34-25)20(28)15(35-14)6-12-7-16(31-3)24(33-5)17(8-12)32-4/h6-9,11,19,21-22,25-27,29-30H,1-5H3/b15-6+/t11-,19-,21+,22+,25-/m0/s1. The topological polar surface area (TPSA) is 153 Å². The first-order chi connectivity index (χ1) is 17.1. The highest BCUT2D eigenvalue weighted by Crippen LogP contribution is 2.46. The first-order valence-electron chi connectivity index (χ1n) is 11.1. The van der Waals surface area contributed by atoms with Gasteiger partial charge in [0, 0.05) is 11.6 Å². The lowest BCUT2D eigenvalue weighted by molar-refractivity contribution is -0.268. The summed E-state index contributed by atoms with van der Waals surface area (Å²) in [5, 5.41) is 40.9. The predicted octanol–water partition coefficient (Wildman–Crippen LogP) is 1.55. The average Bonchev–Trinajstić information content (AvgIpc) is 3.16. The zero-order valence-electron chi connectivity index (χ0n) is 20.3. The Hall–Kier alpha value is -3.51. The maximum Gasteiger partial charge on any atom is 0.235 e. The fourth-order valence-corrected chi connectivity index (χ4v) is 4.11. The van der Waals surface area contributed by atoms with Crippen molar-refractivity contribution >= 4 is 11.9 Å². The van der Waals surface area contributed by atoms with E-state index in [0.29, 0.717) is 22.8 Å². The summed E-state index contributed by atoms with van der Waals surface area (Å²) in [5.41, 5.74) is 0.720. The molecule has 0 amide bonds. The second-order valence-corrected chi connectivity index (χ2v) is 8.42. The van der Waals surface area contributed by atoms with Gasteiger partial charge in [-0.2, -0.15) is 0 Å². The van der Waals surface area contributed by atoms with Crippen LogP contribution in [0.25, 0.3) is 6.08 Å². The van der Waals surface area contributed by atoms with Crippen LogP contribution in [0.1, 0.15) is 28.4 Å². The van der Waals surface area contributed by atoms with Gasteiger partial charge in [-0.15, -0.1) is 0 Å². The van der Waals surface area contributed by atoms with Crippen LogP contribution in [0.5, 0.6) is 34.5 Å². The summed E-state index contributed by atoms with van der Waals surface area (Å²) in [6.07, 6.45) is -5.28. The van der Waals surface area contributed by atoms with Crippen LogP contribution in [0.3, 0.4) is 0 Å². The zero-order chi connectivity index (χ0) is 26.3. The molecule has 0 unspecified atom stereocenters. The van der Waals surface area contributed by atoms with E-state index in [0.717, 1.165) is 0 Å². The fraction of sp³-hybridized carbons (Fsp3) is 0.400. The molecule has 11 nitrogen and oxygen atoms in total. The van der Waals surface area contributed by atoms with Crippen molar-refractivity contribution in [1.29, 1.82) is 0 Å². The molecule has 36 heavy (non-hydrogen) atoms. The smallest absolute Gasteiger partial charge is 0.235 e. The van der Waals surface area contributed by atoms with E-state index in [2.05, 4.69) is 0 Å². The summed E-state index contributed by atoms with van der Waals surface area (Å²) in [6.45, 7) is 3.02. The SMILES string of the molecule is COc1cc(/C=C2/Oc3cc(O)c(C)c(O[C@@H]4O[C@@H](C)[C@H](O)[C@@H](O)[C@H]4O)c3C2=O)cc(OC)c1OC. The van der Waals surface area contributed by atoms with Gasteiger partial charge in [0.25, 0.3) is 0 Å². The first-order valence-corrected chi connectivity index (χ1v) is 11.1. The van der Waals surface area contributed by atoms with Crippen LogP contribution >= 0.6 is 0 Å². The van der Waals surface area contributed by atoms with E-state index in [-0.39, 0.29) is 34.1 Å². The highest BCUT2D eigenvalue weighted by molar-refractivity contribution is 6.16. The van der Waals surface area contributed by atoms with Crippen LogP contribution in [0.15, 0.2) is 24.0 Å². The molecule has 2 aromatic rings. The predicted molar refractivity (Wildman–Crippen MR) is 125 cm³/mol. The zero-order valence-corrected chi connectivity index (χ0v) is 20.3. The maximum atomic E-state index is 13.4. The highest BCUT2D eigenvalue weighted by Gasteiger charge is 2.44. The molecule has 5 atom stereocenters.